The molecule has 1 aliphatic carbocycles. The van der Waals surface area contributed by atoms with Crippen LogP contribution in [0.15, 0.2) is 42.2 Å². The second-order valence-corrected chi connectivity index (χ2v) is 14.4. The third kappa shape index (κ3) is 7.53. The van der Waals surface area contributed by atoms with Crippen molar-refractivity contribution in [1.29, 1.82) is 0 Å². The highest BCUT2D eigenvalue weighted by Gasteiger charge is 2.49. The molecule has 3 N–H and O–H groups in total. The molecule has 1 unspecified atom stereocenters. The largest absolute Gasteiger partial charge is 0.495 e. The zero-order valence-corrected chi connectivity index (χ0v) is 30.2. The fraction of sp³-hybridized carbons (Fsp3) is 0.500. The number of hydrogen-bond donors (Lipinski definition) is 3. The lowest BCUT2D eigenvalue weighted by Crippen LogP contribution is -2.54. The molecule has 2 aromatic rings. The van der Waals surface area contributed by atoms with E-state index >= 15 is 0 Å². The van der Waals surface area contributed by atoms with Gasteiger partial charge in [0.05, 0.1) is 40.6 Å². The Labute approximate surface area is 304 Å². The smallest absolute Gasteiger partial charge is 0.264 e. The van der Waals surface area contributed by atoms with Crippen LogP contribution in [0.3, 0.4) is 0 Å². The second-order valence-electron chi connectivity index (χ2n) is 14.4. The highest BCUT2D eigenvalue weighted by atomic mass is 16.5. The molecule has 0 radical (unpaired) electrons. The Balaban J connectivity index is 0.960. The first-order valence-electron chi connectivity index (χ1n) is 18.5. The topological polar surface area (TPSA) is 160 Å². The number of fused-ring (bicyclic) bond motifs is 1. The Morgan fingerprint density at radius 1 is 0.904 bits per heavy atom. The van der Waals surface area contributed by atoms with Crippen molar-refractivity contribution in [3.63, 3.8) is 0 Å². The molecule has 12 nitrogen and oxygen atoms in total. The van der Waals surface area contributed by atoms with Gasteiger partial charge in [-0.05, 0) is 82.1 Å². The number of ether oxygens (including phenoxy) is 2. The Morgan fingerprint density at radius 2 is 1.63 bits per heavy atom. The summed E-state index contributed by atoms with van der Waals surface area (Å²) in [5, 5.41) is 8.28. The van der Waals surface area contributed by atoms with Gasteiger partial charge in [0.15, 0.2) is 0 Å². The number of carbonyl (C=O) groups excluding carboxylic acids is 6. The number of piperidine rings is 1. The van der Waals surface area contributed by atoms with Gasteiger partial charge < -0.3 is 20.1 Å². The Bertz CT molecular complexity index is 1810. The first kappa shape index (κ1) is 36.9. The quantitative estimate of drug-likeness (QED) is 0.177. The molecule has 4 aliphatic rings. The lowest BCUT2D eigenvalue weighted by Gasteiger charge is -2.38. The van der Waals surface area contributed by atoms with Crippen LogP contribution in [0.2, 0.25) is 0 Å². The number of amides is 6. The van der Waals surface area contributed by atoms with Crippen LogP contribution in [0.4, 0.5) is 5.69 Å². The minimum absolute atomic E-state index is 0.0328. The van der Waals surface area contributed by atoms with Crippen molar-refractivity contribution in [1.82, 2.24) is 15.5 Å². The van der Waals surface area contributed by atoms with E-state index in [0.717, 1.165) is 85.1 Å². The number of nitrogens with one attached hydrogen (secondary N) is 3. The summed E-state index contributed by atoms with van der Waals surface area (Å²) in [4.78, 5) is 77.5. The van der Waals surface area contributed by atoms with E-state index in [4.69, 9.17) is 9.47 Å². The van der Waals surface area contributed by atoms with Crippen molar-refractivity contribution in [2.45, 2.75) is 115 Å². The summed E-state index contributed by atoms with van der Waals surface area (Å²) >= 11 is 0. The van der Waals surface area contributed by atoms with Crippen LogP contribution < -0.4 is 16.0 Å². The van der Waals surface area contributed by atoms with Crippen LogP contribution in [0.1, 0.15) is 121 Å². The molecule has 0 aromatic heterocycles. The monoisotopic (exact) mass is 712 g/mol. The van der Waals surface area contributed by atoms with Crippen molar-refractivity contribution < 1.29 is 38.2 Å². The normalized spacial score (nSPS) is 22.9. The molecule has 276 valence electrons. The molecule has 3 aliphatic heterocycles. The molecular formula is C40H48N4O8. The summed E-state index contributed by atoms with van der Waals surface area (Å²) < 4.78 is 12.1. The Morgan fingerprint density at radius 3 is 2.37 bits per heavy atom. The molecule has 2 fully saturated rings. The maximum absolute atomic E-state index is 13.5. The maximum Gasteiger partial charge on any atom is 0.264 e. The van der Waals surface area contributed by atoms with Crippen molar-refractivity contribution in [3.8, 4) is 0 Å². The van der Waals surface area contributed by atoms with E-state index in [1.165, 1.54) is 6.07 Å². The Hall–Kier alpha value is -4.84. The molecule has 2 aromatic carbocycles. The van der Waals surface area contributed by atoms with Crippen LogP contribution in [-0.2, 0) is 28.7 Å². The van der Waals surface area contributed by atoms with Gasteiger partial charge in [-0.25, -0.2) is 0 Å². The van der Waals surface area contributed by atoms with Gasteiger partial charge in [0.2, 0.25) is 17.7 Å². The lowest BCUT2D eigenvalue weighted by atomic mass is 9.79. The third-order valence-corrected chi connectivity index (χ3v) is 10.8. The summed E-state index contributed by atoms with van der Waals surface area (Å²) in [6.45, 7) is 4.57. The summed E-state index contributed by atoms with van der Waals surface area (Å²) in [5.74, 6) is -1.96. The number of unbranched alkanes of at least 4 members (excludes halogenated alkanes) is 5. The van der Waals surface area contributed by atoms with Crippen molar-refractivity contribution in [2.24, 2.45) is 0 Å². The molecule has 3 heterocycles. The number of aryl methyl sites for hydroxylation is 2. The average molecular weight is 713 g/mol. The van der Waals surface area contributed by atoms with E-state index in [-0.39, 0.29) is 54.0 Å². The Kier molecular flexibility index (Phi) is 11.2. The highest BCUT2D eigenvalue weighted by Crippen LogP contribution is 2.44. The van der Waals surface area contributed by atoms with Gasteiger partial charge in [-0.15, -0.1) is 0 Å². The standard InChI is InChI=1S/C40H48N4O8/c1-24-14-15-25(2)28(23-24)34-35(40(43-37(34)48)20-18-26(51-3)19-21-40)52-22-9-7-5-4-6-8-13-31(45)41-29-12-10-11-27-33(29)39(50)44(38(27)49)30-16-17-32(46)42-36(30)47/h10-12,14-15,23,26,30H,4-9,13,16-22H2,1-3H3,(H,41,45)(H,43,48)(H,42,46,47). The summed E-state index contributed by atoms with van der Waals surface area (Å²) in [5.41, 5.74) is 3.63. The van der Waals surface area contributed by atoms with E-state index in [9.17, 15) is 28.8 Å². The highest BCUT2D eigenvalue weighted by molar-refractivity contribution is 6.26. The average Bonchev–Trinajstić information content (AvgIpc) is 3.53. The fourth-order valence-electron chi connectivity index (χ4n) is 7.91. The predicted molar refractivity (Wildman–Crippen MR) is 193 cm³/mol. The van der Waals surface area contributed by atoms with E-state index < -0.39 is 35.2 Å². The summed E-state index contributed by atoms with van der Waals surface area (Å²) in [6, 6.07) is 9.76. The first-order valence-corrected chi connectivity index (χ1v) is 18.5. The number of anilines is 1. The number of rotatable bonds is 14. The van der Waals surface area contributed by atoms with Crippen LogP contribution in [0, 0.1) is 13.8 Å². The summed E-state index contributed by atoms with van der Waals surface area (Å²) in [6.07, 6.45) is 9.04. The van der Waals surface area contributed by atoms with Gasteiger partial charge in [0.25, 0.3) is 17.7 Å². The number of imide groups is 2. The number of benzene rings is 2. The SMILES string of the molecule is COC1CCC2(CC1)NC(=O)C(c1cc(C)ccc1C)=C2OCCCCCCCCC(=O)Nc1cccc2c1C(=O)N(C1CCC(=O)NC1=O)C2=O. The van der Waals surface area contributed by atoms with Crippen LogP contribution in [-0.4, -0.2) is 71.7 Å². The number of methoxy groups -OCH3 is 1. The number of nitrogens with zero attached hydrogens (tertiary/aromatic N) is 1. The van der Waals surface area contributed by atoms with E-state index in [0.29, 0.717) is 18.6 Å². The van der Waals surface area contributed by atoms with E-state index in [1.54, 1.807) is 19.2 Å². The fourth-order valence-corrected chi connectivity index (χ4v) is 7.91. The molecule has 52 heavy (non-hydrogen) atoms. The van der Waals surface area contributed by atoms with Crippen LogP contribution in [0.5, 0.6) is 0 Å². The molecule has 12 heteroatoms. The van der Waals surface area contributed by atoms with Gasteiger partial charge in [-0.1, -0.05) is 55.5 Å². The third-order valence-electron chi connectivity index (χ3n) is 10.8. The summed E-state index contributed by atoms with van der Waals surface area (Å²) in [7, 11) is 1.74. The molecule has 1 atom stereocenters. The number of hydrogen-bond acceptors (Lipinski definition) is 8. The van der Waals surface area contributed by atoms with E-state index in [2.05, 4.69) is 34.1 Å². The van der Waals surface area contributed by atoms with Crippen LogP contribution in [0.25, 0.3) is 5.57 Å². The molecule has 1 spiro atoms. The van der Waals surface area contributed by atoms with Gasteiger partial charge in [-0.2, -0.15) is 0 Å². The molecular weight excluding hydrogens is 664 g/mol. The van der Waals surface area contributed by atoms with Crippen LogP contribution >= 0.6 is 0 Å². The maximum atomic E-state index is 13.5. The van der Waals surface area contributed by atoms with Gasteiger partial charge in [0, 0.05) is 20.0 Å². The van der Waals surface area contributed by atoms with E-state index in [1.807, 2.05) is 13.8 Å². The predicted octanol–water partition coefficient (Wildman–Crippen LogP) is 5.26. The molecule has 6 amide bonds. The number of carbonyl (C=O) groups is 6. The molecule has 0 bridgehead atoms. The van der Waals surface area contributed by atoms with Crippen molar-refractivity contribution in [2.75, 3.05) is 19.0 Å². The lowest BCUT2D eigenvalue weighted by molar-refractivity contribution is -0.136. The zero-order chi connectivity index (χ0) is 37.0. The first-order chi connectivity index (χ1) is 25.0. The molecule has 1 saturated heterocycles. The van der Waals surface area contributed by atoms with Crippen molar-refractivity contribution in [3.05, 3.63) is 70.0 Å². The van der Waals surface area contributed by atoms with Crippen molar-refractivity contribution >= 4 is 46.7 Å². The van der Waals surface area contributed by atoms with Gasteiger partial charge >= 0.3 is 0 Å². The van der Waals surface area contributed by atoms with Gasteiger partial charge in [0.1, 0.15) is 11.8 Å². The minimum Gasteiger partial charge on any atom is -0.495 e. The minimum atomic E-state index is -1.07. The molecule has 6 rings (SSSR count). The zero-order valence-electron chi connectivity index (χ0n) is 30.2. The second kappa shape index (κ2) is 15.8. The van der Waals surface area contributed by atoms with Gasteiger partial charge in [-0.3, -0.25) is 39.0 Å². The molecule has 1 saturated carbocycles.